The van der Waals surface area contributed by atoms with Crippen molar-refractivity contribution in [1.82, 2.24) is 0 Å². The van der Waals surface area contributed by atoms with Crippen molar-refractivity contribution < 1.29 is 17.6 Å². The number of anilines is 1. The summed E-state index contributed by atoms with van der Waals surface area (Å²) < 4.78 is 49.9. The summed E-state index contributed by atoms with van der Waals surface area (Å²) in [5.74, 6) is -1.48. The van der Waals surface area contributed by atoms with Crippen LogP contribution in [0.1, 0.15) is 5.56 Å². The van der Waals surface area contributed by atoms with Crippen molar-refractivity contribution in [3.63, 3.8) is 0 Å². The highest BCUT2D eigenvalue weighted by atomic mass is 35.5. The second-order valence-electron chi connectivity index (χ2n) is 3.72. The highest BCUT2D eigenvalue weighted by molar-refractivity contribution is 7.99. The number of hydrogen-bond donors (Lipinski definition) is 2. The van der Waals surface area contributed by atoms with Crippen molar-refractivity contribution in [2.45, 2.75) is 18.0 Å². The maximum absolute atomic E-state index is 13.5. The van der Waals surface area contributed by atoms with E-state index in [9.17, 15) is 17.6 Å². The number of rotatable bonds is 5. The van der Waals surface area contributed by atoms with Crippen LogP contribution in [0.2, 0.25) is 0 Å². The van der Waals surface area contributed by atoms with E-state index in [0.29, 0.717) is 35.3 Å². The summed E-state index contributed by atoms with van der Waals surface area (Å²) >= 11 is 0.647. The first kappa shape index (κ1) is 18.3. The van der Waals surface area contributed by atoms with Crippen molar-refractivity contribution in [3.05, 3.63) is 23.5 Å². The van der Waals surface area contributed by atoms with E-state index in [0.717, 1.165) is 0 Å². The molecule has 110 valence electrons. The van der Waals surface area contributed by atoms with E-state index >= 15 is 0 Å². The van der Waals surface area contributed by atoms with Gasteiger partial charge in [-0.2, -0.15) is 13.2 Å². The molecule has 0 unspecified atom stereocenters. The molecular weight excluding hydrogens is 304 g/mol. The third-order valence-electron chi connectivity index (χ3n) is 2.12. The smallest absolute Gasteiger partial charge is 0.381 e. The molecule has 0 amide bonds. The van der Waals surface area contributed by atoms with Gasteiger partial charge in [-0.05, 0) is 24.6 Å². The number of alkyl halides is 3. The number of nitrogens with two attached hydrogens (primary N) is 1. The Bertz CT molecular complexity index is 412. The number of hydrogen-bond acceptors (Lipinski definition) is 3. The molecule has 1 aromatic rings. The maximum Gasteiger partial charge on any atom is 0.398 e. The van der Waals surface area contributed by atoms with Gasteiger partial charge in [0.25, 0.3) is 0 Å². The Morgan fingerprint density at radius 3 is 2.47 bits per heavy atom. The van der Waals surface area contributed by atoms with Crippen LogP contribution in [0.4, 0.5) is 23.2 Å². The van der Waals surface area contributed by atoms with E-state index in [1.54, 1.807) is 6.92 Å². The lowest BCUT2D eigenvalue weighted by atomic mass is 10.2. The fourth-order valence-corrected chi connectivity index (χ4v) is 2.12. The standard InChI is InChI=1S/C11H14F4N2S.ClH/c1-7-4-8(12)9(17-3-2-16)5-10(7)18-6-11(13,14)15;/h4-5,17H,2-3,6,16H2,1H3;1H. The van der Waals surface area contributed by atoms with Crippen molar-refractivity contribution in [2.24, 2.45) is 5.73 Å². The predicted molar refractivity (Wildman–Crippen MR) is 72.7 cm³/mol. The summed E-state index contributed by atoms with van der Waals surface area (Å²) in [5.41, 5.74) is 5.93. The lowest BCUT2D eigenvalue weighted by Gasteiger charge is -2.12. The van der Waals surface area contributed by atoms with Gasteiger partial charge < -0.3 is 11.1 Å². The Morgan fingerprint density at radius 1 is 1.32 bits per heavy atom. The molecule has 0 bridgehead atoms. The molecule has 0 heterocycles. The quantitative estimate of drug-likeness (QED) is 0.644. The second kappa shape index (κ2) is 7.81. The molecule has 2 nitrogen and oxygen atoms in total. The van der Waals surface area contributed by atoms with Crippen LogP contribution in [0.5, 0.6) is 0 Å². The van der Waals surface area contributed by atoms with E-state index in [-0.39, 0.29) is 18.1 Å². The van der Waals surface area contributed by atoms with E-state index in [4.69, 9.17) is 5.73 Å². The van der Waals surface area contributed by atoms with E-state index < -0.39 is 17.7 Å². The molecular formula is C11H15ClF4N2S. The van der Waals surface area contributed by atoms with Gasteiger partial charge in [-0.15, -0.1) is 24.2 Å². The van der Waals surface area contributed by atoms with Crippen molar-refractivity contribution in [2.75, 3.05) is 24.2 Å². The Kier molecular flexibility index (Phi) is 7.54. The van der Waals surface area contributed by atoms with E-state index in [2.05, 4.69) is 5.32 Å². The summed E-state index contributed by atoms with van der Waals surface area (Å²) in [6, 6.07) is 2.61. The average Bonchev–Trinajstić information content (AvgIpc) is 2.25. The van der Waals surface area contributed by atoms with Gasteiger partial charge in [0.15, 0.2) is 0 Å². The summed E-state index contributed by atoms with van der Waals surface area (Å²) in [4.78, 5) is 0.410. The maximum atomic E-state index is 13.5. The molecule has 0 aliphatic carbocycles. The van der Waals surface area contributed by atoms with Gasteiger partial charge in [-0.3, -0.25) is 0 Å². The van der Waals surface area contributed by atoms with Gasteiger partial charge in [0.2, 0.25) is 0 Å². The summed E-state index contributed by atoms with van der Waals surface area (Å²) in [6.07, 6.45) is -4.24. The molecule has 3 N–H and O–H groups in total. The summed E-state index contributed by atoms with van der Waals surface area (Å²) in [7, 11) is 0. The molecule has 0 aromatic heterocycles. The molecule has 0 spiro atoms. The molecule has 0 saturated heterocycles. The number of halogens is 5. The first-order valence-electron chi connectivity index (χ1n) is 5.27. The highest BCUT2D eigenvalue weighted by Gasteiger charge is 2.27. The Balaban J connectivity index is 0.00000324. The van der Waals surface area contributed by atoms with Crippen LogP contribution >= 0.6 is 24.2 Å². The fraction of sp³-hybridized carbons (Fsp3) is 0.455. The van der Waals surface area contributed by atoms with Gasteiger partial charge in [0, 0.05) is 18.0 Å². The van der Waals surface area contributed by atoms with Crippen molar-refractivity contribution in [3.8, 4) is 0 Å². The molecule has 0 aliphatic rings. The molecule has 0 aliphatic heterocycles. The van der Waals surface area contributed by atoms with Crippen LogP contribution in [0.15, 0.2) is 17.0 Å². The minimum Gasteiger partial charge on any atom is -0.381 e. The largest absolute Gasteiger partial charge is 0.398 e. The van der Waals surface area contributed by atoms with Crippen LogP contribution in [-0.4, -0.2) is 25.0 Å². The van der Waals surface area contributed by atoms with Gasteiger partial charge in [-0.25, -0.2) is 4.39 Å². The minimum absolute atomic E-state index is 0. The van der Waals surface area contributed by atoms with Crippen LogP contribution in [0.25, 0.3) is 0 Å². The van der Waals surface area contributed by atoms with Gasteiger partial charge in [0.05, 0.1) is 11.4 Å². The Morgan fingerprint density at radius 2 is 1.95 bits per heavy atom. The van der Waals surface area contributed by atoms with Gasteiger partial charge in [0.1, 0.15) is 5.82 Å². The molecule has 8 heteroatoms. The van der Waals surface area contributed by atoms with Crippen LogP contribution in [-0.2, 0) is 0 Å². The van der Waals surface area contributed by atoms with Gasteiger partial charge >= 0.3 is 6.18 Å². The Labute approximate surface area is 119 Å². The fourth-order valence-electron chi connectivity index (χ4n) is 1.31. The van der Waals surface area contributed by atoms with Crippen molar-refractivity contribution in [1.29, 1.82) is 0 Å². The molecule has 0 fully saturated rings. The van der Waals surface area contributed by atoms with Crippen molar-refractivity contribution >= 4 is 29.9 Å². The minimum atomic E-state index is -4.24. The zero-order chi connectivity index (χ0) is 13.8. The number of benzene rings is 1. The van der Waals surface area contributed by atoms with Crippen LogP contribution in [0.3, 0.4) is 0 Å². The molecule has 0 radical (unpaired) electrons. The number of thioether (sulfide) groups is 1. The molecule has 1 aromatic carbocycles. The normalized spacial score (nSPS) is 11.1. The number of aryl methyl sites for hydroxylation is 1. The SMILES string of the molecule is Cc1cc(F)c(NCCN)cc1SCC(F)(F)F.Cl. The summed E-state index contributed by atoms with van der Waals surface area (Å²) in [5, 5.41) is 2.73. The molecule has 0 saturated carbocycles. The monoisotopic (exact) mass is 318 g/mol. The molecule has 1 rings (SSSR count). The predicted octanol–water partition coefficient (Wildman–Crippen LogP) is 3.58. The van der Waals surface area contributed by atoms with E-state index in [1.165, 1.54) is 12.1 Å². The molecule has 19 heavy (non-hydrogen) atoms. The first-order valence-corrected chi connectivity index (χ1v) is 6.25. The first-order chi connectivity index (χ1) is 8.33. The summed E-state index contributed by atoms with van der Waals surface area (Å²) in [6.45, 7) is 2.26. The van der Waals surface area contributed by atoms with Gasteiger partial charge in [-0.1, -0.05) is 0 Å². The number of nitrogens with one attached hydrogen (secondary N) is 1. The van der Waals surface area contributed by atoms with E-state index in [1.807, 2.05) is 0 Å². The molecule has 0 atom stereocenters. The Hall–Kier alpha value is -0.660. The average molecular weight is 319 g/mol. The lowest BCUT2D eigenvalue weighted by molar-refractivity contribution is -0.105. The zero-order valence-corrected chi connectivity index (χ0v) is 11.8. The topological polar surface area (TPSA) is 38.0 Å². The third kappa shape index (κ3) is 6.35. The third-order valence-corrected chi connectivity index (χ3v) is 3.34. The zero-order valence-electron chi connectivity index (χ0n) is 10.2. The van der Waals surface area contributed by atoms with Crippen LogP contribution < -0.4 is 11.1 Å². The second-order valence-corrected chi connectivity index (χ2v) is 4.73. The highest BCUT2D eigenvalue weighted by Crippen LogP contribution is 2.32. The lowest BCUT2D eigenvalue weighted by Crippen LogP contribution is -2.14. The van der Waals surface area contributed by atoms with Crippen LogP contribution in [0, 0.1) is 12.7 Å².